The second-order valence-corrected chi connectivity index (χ2v) is 8.45. The number of halogens is 1. The summed E-state index contributed by atoms with van der Waals surface area (Å²) in [6.45, 7) is 1.62. The molecular formula is C11H17FN2O4S2. The second kappa shape index (κ2) is 5.76. The molecular weight excluding hydrogens is 307 g/mol. The summed E-state index contributed by atoms with van der Waals surface area (Å²) < 4.78 is 62.1. The van der Waals surface area contributed by atoms with E-state index in [2.05, 4.69) is 0 Å². The molecule has 6 nitrogen and oxygen atoms in total. The van der Waals surface area contributed by atoms with E-state index in [1.165, 1.54) is 7.05 Å². The number of nitrogens with zero attached hydrogens (tertiary/aromatic N) is 1. The predicted octanol–water partition coefficient (Wildman–Crippen LogP) is 0.197. The van der Waals surface area contributed by atoms with Gasteiger partial charge in [-0.1, -0.05) is 0 Å². The zero-order chi connectivity index (χ0) is 15.7. The molecule has 1 aromatic carbocycles. The fourth-order valence-corrected chi connectivity index (χ4v) is 3.63. The van der Waals surface area contributed by atoms with Crippen LogP contribution in [0.2, 0.25) is 0 Å². The van der Waals surface area contributed by atoms with Gasteiger partial charge in [-0.05, 0) is 25.1 Å². The third-order valence-corrected chi connectivity index (χ3v) is 6.05. The van der Waals surface area contributed by atoms with Crippen molar-refractivity contribution >= 4 is 19.9 Å². The Morgan fingerprint density at radius 3 is 2.30 bits per heavy atom. The summed E-state index contributed by atoms with van der Waals surface area (Å²) in [5.74, 6) is -1.01. The quantitative estimate of drug-likeness (QED) is 0.780. The maximum Gasteiger partial charge on any atom is 0.246 e. The van der Waals surface area contributed by atoms with Crippen LogP contribution in [0.25, 0.3) is 0 Å². The van der Waals surface area contributed by atoms with Gasteiger partial charge in [0.2, 0.25) is 10.0 Å². The van der Waals surface area contributed by atoms with Gasteiger partial charge >= 0.3 is 0 Å². The lowest BCUT2D eigenvalue weighted by molar-refractivity contribution is 0.391. The first-order chi connectivity index (χ1) is 9.01. The van der Waals surface area contributed by atoms with Gasteiger partial charge in [-0.15, -0.1) is 0 Å². The van der Waals surface area contributed by atoms with Crippen molar-refractivity contribution in [3.8, 4) is 0 Å². The van der Waals surface area contributed by atoms with Crippen LogP contribution in [0.15, 0.2) is 28.0 Å². The van der Waals surface area contributed by atoms with Gasteiger partial charge in [0.25, 0.3) is 0 Å². The number of nitrogens with two attached hydrogens (primary N) is 1. The minimum atomic E-state index is -4.15. The molecule has 0 aliphatic rings. The monoisotopic (exact) mass is 324 g/mol. The van der Waals surface area contributed by atoms with Gasteiger partial charge in [-0.25, -0.2) is 21.2 Å². The van der Waals surface area contributed by atoms with Crippen LogP contribution in [-0.2, 0) is 19.9 Å². The van der Waals surface area contributed by atoms with E-state index in [1.54, 1.807) is 6.92 Å². The van der Waals surface area contributed by atoms with Crippen molar-refractivity contribution in [1.82, 2.24) is 4.31 Å². The highest BCUT2D eigenvalue weighted by Crippen LogP contribution is 2.23. The maximum atomic E-state index is 13.7. The maximum absolute atomic E-state index is 13.7. The summed E-state index contributed by atoms with van der Waals surface area (Å²) in [6, 6.07) is 2.13. The van der Waals surface area contributed by atoms with E-state index in [1.807, 2.05) is 0 Å². The summed E-state index contributed by atoms with van der Waals surface area (Å²) in [4.78, 5) is -0.936. The molecule has 2 N–H and O–H groups in total. The van der Waals surface area contributed by atoms with E-state index >= 15 is 0 Å². The first-order valence-electron chi connectivity index (χ1n) is 5.69. The molecule has 0 bridgehead atoms. The van der Waals surface area contributed by atoms with Crippen molar-refractivity contribution in [3.05, 3.63) is 24.0 Å². The van der Waals surface area contributed by atoms with Crippen molar-refractivity contribution in [3.63, 3.8) is 0 Å². The lowest BCUT2D eigenvalue weighted by Gasteiger charge is -2.23. The number of sulfone groups is 1. The lowest BCUT2D eigenvalue weighted by atomic mass is 10.3. The smallest absolute Gasteiger partial charge is 0.246 e. The predicted molar refractivity (Wildman–Crippen MR) is 73.0 cm³/mol. The summed E-state index contributed by atoms with van der Waals surface area (Å²) in [5.41, 5.74) is 5.39. The number of rotatable bonds is 5. The molecule has 9 heteroatoms. The van der Waals surface area contributed by atoms with Gasteiger partial charge in [0.1, 0.15) is 10.7 Å². The van der Waals surface area contributed by atoms with Gasteiger partial charge in [-0.2, -0.15) is 4.31 Å². The first-order valence-corrected chi connectivity index (χ1v) is 9.02. The minimum absolute atomic E-state index is 0.0586. The van der Waals surface area contributed by atoms with Crippen LogP contribution in [0.4, 0.5) is 4.39 Å². The van der Waals surface area contributed by atoms with Crippen LogP contribution in [0.3, 0.4) is 0 Å². The van der Waals surface area contributed by atoms with Crippen LogP contribution in [-0.4, -0.2) is 47.0 Å². The van der Waals surface area contributed by atoms with E-state index < -0.39 is 36.6 Å². The zero-order valence-electron chi connectivity index (χ0n) is 11.4. The summed E-state index contributed by atoms with van der Waals surface area (Å²) >= 11 is 0. The Bertz CT molecular complexity index is 701. The molecule has 0 saturated carbocycles. The Balaban J connectivity index is 3.46. The van der Waals surface area contributed by atoms with Gasteiger partial charge in [0.05, 0.1) is 4.90 Å². The molecule has 0 fully saturated rings. The first kappa shape index (κ1) is 17.0. The summed E-state index contributed by atoms with van der Waals surface area (Å²) in [6.07, 6.45) is 0.920. The second-order valence-electron chi connectivity index (χ2n) is 4.47. The molecule has 20 heavy (non-hydrogen) atoms. The Morgan fingerprint density at radius 2 is 1.85 bits per heavy atom. The highest BCUT2D eigenvalue weighted by atomic mass is 32.2. The molecule has 0 saturated heterocycles. The molecule has 0 radical (unpaired) electrons. The standard InChI is InChI=1S/C11H17FN2O4S2/c1-8(7-13)14(2)20(17,18)11-6-9(19(3,15)16)4-5-10(11)12/h4-6,8H,7,13H2,1-3H3. The van der Waals surface area contributed by atoms with Crippen LogP contribution < -0.4 is 5.73 Å². The molecule has 1 atom stereocenters. The van der Waals surface area contributed by atoms with Crippen LogP contribution in [0, 0.1) is 5.82 Å². The Labute approximate surface area is 118 Å². The minimum Gasteiger partial charge on any atom is -0.329 e. The molecule has 1 unspecified atom stereocenters. The normalized spacial score (nSPS) is 14.5. The van der Waals surface area contributed by atoms with Gasteiger partial charge in [0.15, 0.2) is 9.84 Å². The molecule has 0 heterocycles. The zero-order valence-corrected chi connectivity index (χ0v) is 13.0. The van der Waals surface area contributed by atoms with Gasteiger partial charge in [-0.3, -0.25) is 0 Å². The Hall–Kier alpha value is -1.03. The number of hydrogen-bond acceptors (Lipinski definition) is 5. The summed E-state index contributed by atoms with van der Waals surface area (Å²) in [7, 11) is -6.51. The molecule has 1 aromatic rings. The number of benzene rings is 1. The molecule has 0 aliphatic heterocycles. The topological polar surface area (TPSA) is 97.5 Å². The fraction of sp³-hybridized carbons (Fsp3) is 0.455. The van der Waals surface area contributed by atoms with Crippen molar-refractivity contribution < 1.29 is 21.2 Å². The molecule has 0 spiro atoms. The molecule has 0 amide bonds. The molecule has 0 aromatic heterocycles. The van der Waals surface area contributed by atoms with Crippen molar-refractivity contribution in [2.24, 2.45) is 5.73 Å². The van der Waals surface area contributed by atoms with Gasteiger partial charge < -0.3 is 5.73 Å². The van der Waals surface area contributed by atoms with E-state index in [4.69, 9.17) is 5.73 Å². The Kier molecular flexibility index (Phi) is 4.90. The van der Waals surface area contributed by atoms with Crippen molar-refractivity contribution in [2.45, 2.75) is 22.8 Å². The van der Waals surface area contributed by atoms with Crippen LogP contribution in [0.1, 0.15) is 6.92 Å². The highest BCUT2D eigenvalue weighted by Gasteiger charge is 2.28. The highest BCUT2D eigenvalue weighted by molar-refractivity contribution is 7.91. The average molecular weight is 324 g/mol. The van der Waals surface area contributed by atoms with E-state index in [0.717, 1.165) is 28.8 Å². The van der Waals surface area contributed by atoms with Crippen LogP contribution in [0.5, 0.6) is 0 Å². The molecule has 114 valence electrons. The number of sulfonamides is 1. The average Bonchev–Trinajstić information content (AvgIpc) is 2.35. The third-order valence-electron chi connectivity index (χ3n) is 2.95. The lowest BCUT2D eigenvalue weighted by Crippen LogP contribution is -2.40. The van der Waals surface area contributed by atoms with E-state index in [-0.39, 0.29) is 11.4 Å². The molecule has 1 rings (SSSR count). The van der Waals surface area contributed by atoms with E-state index in [9.17, 15) is 21.2 Å². The largest absolute Gasteiger partial charge is 0.329 e. The van der Waals surface area contributed by atoms with Crippen LogP contribution >= 0.6 is 0 Å². The molecule has 0 aliphatic carbocycles. The van der Waals surface area contributed by atoms with Crippen molar-refractivity contribution in [2.75, 3.05) is 19.8 Å². The third kappa shape index (κ3) is 3.35. The fourth-order valence-electron chi connectivity index (χ4n) is 1.45. The number of hydrogen-bond donors (Lipinski definition) is 1. The number of likely N-dealkylation sites (N-methyl/N-ethyl adjacent to an activating group) is 1. The van der Waals surface area contributed by atoms with Crippen molar-refractivity contribution in [1.29, 1.82) is 0 Å². The summed E-state index contributed by atoms with van der Waals surface area (Å²) in [5, 5.41) is 0. The SMILES string of the molecule is CC(CN)N(C)S(=O)(=O)c1cc(S(C)(=O)=O)ccc1F. The van der Waals surface area contributed by atoms with Gasteiger partial charge in [0, 0.05) is 25.9 Å². The van der Waals surface area contributed by atoms with E-state index in [0.29, 0.717) is 0 Å². The Morgan fingerprint density at radius 1 is 1.30 bits per heavy atom.